The Morgan fingerprint density at radius 2 is 1.81 bits per heavy atom. The van der Waals surface area contributed by atoms with Crippen molar-refractivity contribution in [1.29, 1.82) is 0 Å². The van der Waals surface area contributed by atoms with Crippen LogP contribution >= 0.6 is 11.6 Å². The number of aromatic amines is 1. The fraction of sp³-hybridized carbons (Fsp3) is 0.391. The van der Waals surface area contributed by atoms with Crippen molar-refractivity contribution in [3.63, 3.8) is 0 Å². The summed E-state index contributed by atoms with van der Waals surface area (Å²) in [6, 6.07) is 20.6. The van der Waals surface area contributed by atoms with Crippen molar-refractivity contribution in [3.8, 4) is 11.5 Å². The summed E-state index contributed by atoms with van der Waals surface area (Å²) in [5, 5.41) is 13.8. The summed E-state index contributed by atoms with van der Waals surface area (Å²) in [5.41, 5.74) is 5.68. The zero-order chi connectivity index (χ0) is 43.6. The highest BCUT2D eigenvalue weighted by Crippen LogP contribution is 2.43. The molecule has 1 amide bonds. The van der Waals surface area contributed by atoms with E-state index in [1.807, 2.05) is 18.2 Å². The number of aromatic nitrogens is 2. The first-order chi connectivity index (χ1) is 29.7. The van der Waals surface area contributed by atoms with Crippen molar-refractivity contribution in [3.05, 3.63) is 117 Å². The first-order valence-corrected chi connectivity index (χ1v) is 22.9. The van der Waals surface area contributed by atoms with Crippen molar-refractivity contribution in [2.45, 2.75) is 50.8 Å². The molecule has 2 N–H and O–H groups in total. The van der Waals surface area contributed by atoms with Gasteiger partial charge < -0.3 is 24.3 Å². The number of nitrogens with zero attached hydrogens (tertiary/aromatic N) is 5. The summed E-state index contributed by atoms with van der Waals surface area (Å²) in [4.78, 5) is 39.1. The lowest BCUT2D eigenvalue weighted by Crippen LogP contribution is -2.47. The van der Waals surface area contributed by atoms with E-state index in [2.05, 4.69) is 50.5 Å². The molecule has 2 aromatic heterocycles. The second kappa shape index (κ2) is 18.1. The fourth-order valence-corrected chi connectivity index (χ4v) is 9.88. The highest BCUT2D eigenvalue weighted by Gasteiger charge is 2.31. The van der Waals surface area contributed by atoms with Gasteiger partial charge >= 0.3 is 0 Å². The van der Waals surface area contributed by atoms with Gasteiger partial charge in [-0.1, -0.05) is 43.2 Å². The monoisotopic (exact) mass is 881 g/mol. The van der Waals surface area contributed by atoms with E-state index in [0.717, 1.165) is 87.0 Å². The number of H-pyrrole nitrogens is 1. The zero-order valence-corrected chi connectivity index (χ0v) is 36.8. The van der Waals surface area contributed by atoms with Crippen LogP contribution in [0.15, 0.2) is 95.7 Å². The number of carbonyl (C=O) groups is 1. The second-order valence-electron chi connectivity index (χ2n) is 17.3. The van der Waals surface area contributed by atoms with Crippen LogP contribution in [0.4, 0.5) is 17.1 Å². The number of fused-ring (bicyclic) bond motifs is 1. The highest BCUT2D eigenvalue weighted by molar-refractivity contribution is 7.90. The zero-order valence-electron chi connectivity index (χ0n) is 35.2. The number of amides is 1. The lowest BCUT2D eigenvalue weighted by Gasteiger charge is -2.39. The minimum Gasteiger partial charge on any atom is -0.455 e. The predicted octanol–water partition coefficient (Wildman–Crippen LogP) is 8.68. The molecular weight excluding hydrogens is 830 g/mol. The van der Waals surface area contributed by atoms with Crippen LogP contribution in [0.1, 0.15) is 61.9 Å². The normalized spacial score (nSPS) is 17.6. The van der Waals surface area contributed by atoms with E-state index in [1.54, 1.807) is 42.4 Å². The number of carbonyl (C=O) groups excluding carboxylic acids is 1. The molecule has 3 aromatic carbocycles. The number of ether oxygens (including phenoxy) is 2. The third-order valence-corrected chi connectivity index (χ3v) is 13.9. The van der Waals surface area contributed by atoms with Gasteiger partial charge in [0.1, 0.15) is 22.8 Å². The first kappa shape index (κ1) is 43.2. The van der Waals surface area contributed by atoms with Crippen LogP contribution < -0.4 is 19.3 Å². The SMILES string of the molecule is CN(CC1CCOCC1)c1ccc(S(=O)(=O)NC(=O)c2ccc(N3CCN(CC4=C(c5ccc(Cl)cc5)CC(C)(C)CC4)CC3)cc2Oc2cnc3[nH]ccc3c2)cc1[N+](=O)[O-]. The average Bonchev–Trinajstić information content (AvgIpc) is 3.73. The third-order valence-electron chi connectivity index (χ3n) is 12.3. The van der Waals surface area contributed by atoms with Crippen molar-refractivity contribution < 1.29 is 27.6 Å². The van der Waals surface area contributed by atoms with Crippen molar-refractivity contribution in [2.24, 2.45) is 11.3 Å². The van der Waals surface area contributed by atoms with Gasteiger partial charge in [0.15, 0.2) is 0 Å². The fourth-order valence-electron chi connectivity index (χ4n) is 8.77. The Bertz CT molecular complexity index is 2600. The number of sulfonamides is 1. The number of allylic oxidation sites excluding steroid dienone is 1. The Morgan fingerprint density at radius 1 is 1.05 bits per heavy atom. The number of anilines is 2. The number of hydrogen-bond donors (Lipinski definition) is 2. The van der Waals surface area contributed by atoms with E-state index in [4.69, 9.17) is 21.1 Å². The minimum absolute atomic E-state index is 0.0330. The molecule has 62 heavy (non-hydrogen) atoms. The molecule has 326 valence electrons. The number of pyridine rings is 1. The Kier molecular flexibility index (Phi) is 12.6. The van der Waals surface area contributed by atoms with Crippen LogP contribution in [-0.4, -0.2) is 93.6 Å². The number of benzene rings is 3. The quantitative estimate of drug-likeness (QED) is 0.0859. The van der Waals surface area contributed by atoms with E-state index in [-0.39, 0.29) is 34.0 Å². The first-order valence-electron chi connectivity index (χ1n) is 21.0. The summed E-state index contributed by atoms with van der Waals surface area (Å²) >= 11 is 6.24. The molecule has 3 aliphatic rings. The molecule has 0 saturated carbocycles. The van der Waals surface area contributed by atoms with Crippen molar-refractivity contribution in [1.82, 2.24) is 19.6 Å². The molecule has 4 heterocycles. The van der Waals surface area contributed by atoms with Crippen LogP contribution in [-0.2, 0) is 14.8 Å². The molecule has 0 unspecified atom stereocenters. The Morgan fingerprint density at radius 3 is 2.55 bits per heavy atom. The molecule has 5 aromatic rings. The second-order valence-corrected chi connectivity index (χ2v) is 19.5. The van der Waals surface area contributed by atoms with Gasteiger partial charge in [-0.25, -0.2) is 18.1 Å². The molecule has 1 aliphatic carbocycles. The molecule has 14 nitrogen and oxygen atoms in total. The third kappa shape index (κ3) is 9.91. The molecule has 2 fully saturated rings. The highest BCUT2D eigenvalue weighted by atomic mass is 35.5. The number of nitrogens with one attached hydrogen (secondary N) is 2. The molecule has 0 bridgehead atoms. The van der Waals surface area contributed by atoms with Gasteiger partial charge in [0, 0.05) is 94.0 Å². The largest absolute Gasteiger partial charge is 0.455 e. The van der Waals surface area contributed by atoms with Crippen LogP contribution in [0.2, 0.25) is 5.02 Å². The van der Waals surface area contributed by atoms with Gasteiger partial charge in [0.2, 0.25) is 0 Å². The number of nitro benzene ring substituents is 1. The minimum atomic E-state index is -4.56. The van der Waals surface area contributed by atoms with E-state index < -0.39 is 25.7 Å². The molecule has 0 atom stereocenters. The summed E-state index contributed by atoms with van der Waals surface area (Å²) in [5.74, 6) is -0.174. The molecule has 0 radical (unpaired) electrons. The van der Waals surface area contributed by atoms with E-state index >= 15 is 0 Å². The number of piperazine rings is 1. The topological polar surface area (TPSA) is 163 Å². The lowest BCUT2D eigenvalue weighted by atomic mass is 9.72. The van der Waals surface area contributed by atoms with Crippen LogP contribution in [0, 0.1) is 21.4 Å². The molecular formula is C46H52ClN7O7S. The van der Waals surface area contributed by atoms with Gasteiger partial charge in [0.25, 0.3) is 21.6 Å². The summed E-state index contributed by atoms with van der Waals surface area (Å²) in [6.45, 7) is 10.5. The van der Waals surface area contributed by atoms with Crippen LogP contribution in [0.25, 0.3) is 16.6 Å². The van der Waals surface area contributed by atoms with Gasteiger partial charge in [-0.15, -0.1) is 0 Å². The van der Waals surface area contributed by atoms with Crippen molar-refractivity contribution in [2.75, 3.05) is 69.3 Å². The maximum absolute atomic E-state index is 14.0. The smallest absolute Gasteiger partial charge is 0.293 e. The predicted molar refractivity (Wildman–Crippen MR) is 242 cm³/mol. The maximum Gasteiger partial charge on any atom is 0.293 e. The maximum atomic E-state index is 14.0. The molecule has 16 heteroatoms. The molecule has 2 saturated heterocycles. The van der Waals surface area contributed by atoms with Gasteiger partial charge in [-0.05, 0) is 103 Å². The van der Waals surface area contributed by atoms with Crippen LogP contribution in [0.3, 0.4) is 0 Å². The van der Waals surface area contributed by atoms with Crippen molar-refractivity contribution >= 4 is 61.2 Å². The Hall–Kier alpha value is -5.48. The van der Waals surface area contributed by atoms with E-state index in [9.17, 15) is 23.3 Å². The average molecular weight is 882 g/mol. The van der Waals surface area contributed by atoms with Gasteiger partial charge in [-0.2, -0.15) is 0 Å². The Labute approximate surface area is 367 Å². The van der Waals surface area contributed by atoms with Gasteiger partial charge in [-0.3, -0.25) is 19.8 Å². The molecule has 0 spiro atoms. The van der Waals surface area contributed by atoms with Gasteiger partial charge in [0.05, 0.1) is 21.6 Å². The Balaban J connectivity index is 1.01. The molecule has 2 aliphatic heterocycles. The number of halogens is 1. The lowest BCUT2D eigenvalue weighted by molar-refractivity contribution is -0.384. The number of nitro groups is 1. The summed E-state index contributed by atoms with van der Waals surface area (Å²) in [7, 11) is -2.81. The number of hydrogen-bond acceptors (Lipinski definition) is 11. The standard InChI is InChI=1S/C46H52ClN7O7S/c1-46(2)16-12-34(40(27-46)32-4-6-35(47)7-5-32)30-52-18-20-53(21-19-52)36-8-10-39(43(25-36)61-37-24-33-13-17-48-44(33)49-28-37)45(55)50-62(58,59)38-9-11-41(42(26-38)54(56)57)51(3)29-31-14-22-60-23-15-31/h4-11,13,17,24-26,28,31H,12,14-16,18-23,27,29-30H2,1-3H3,(H,48,49)(H,50,55). The summed E-state index contributed by atoms with van der Waals surface area (Å²) < 4.78 is 41.4. The van der Waals surface area contributed by atoms with E-state index in [0.29, 0.717) is 31.2 Å². The van der Waals surface area contributed by atoms with E-state index in [1.165, 1.54) is 35.0 Å². The molecule has 8 rings (SSSR count). The van der Waals surface area contributed by atoms with Crippen LogP contribution in [0.5, 0.6) is 11.5 Å². The summed E-state index contributed by atoms with van der Waals surface area (Å²) in [6.07, 6.45) is 8.16. The number of rotatable bonds is 13.